The van der Waals surface area contributed by atoms with Gasteiger partial charge in [0.1, 0.15) is 23.7 Å². The predicted molar refractivity (Wildman–Crippen MR) is 180 cm³/mol. The molecule has 48 heavy (non-hydrogen) atoms. The quantitative estimate of drug-likeness (QED) is 0.344. The van der Waals surface area contributed by atoms with Gasteiger partial charge >= 0.3 is 5.97 Å². The number of esters is 1. The first kappa shape index (κ1) is 33.4. The maximum absolute atomic E-state index is 14.9. The summed E-state index contributed by atoms with van der Waals surface area (Å²) in [6.07, 6.45) is 6.26. The van der Waals surface area contributed by atoms with Crippen LogP contribution < -0.4 is 15.1 Å². The number of anilines is 2. The number of allylic oxidation sites excluding steroid dienone is 1. The van der Waals surface area contributed by atoms with Gasteiger partial charge < -0.3 is 34.6 Å². The molecule has 2 fully saturated rings. The Labute approximate surface area is 281 Å². The Hall–Kier alpha value is -4.48. The molecule has 0 aliphatic carbocycles. The van der Waals surface area contributed by atoms with Crippen LogP contribution in [0.25, 0.3) is 0 Å². The van der Waals surface area contributed by atoms with Gasteiger partial charge in [0.25, 0.3) is 5.91 Å². The Morgan fingerprint density at radius 2 is 1.73 bits per heavy atom. The Morgan fingerprint density at radius 3 is 2.42 bits per heavy atom. The SMILES string of the molecule is CCN(CC)c1ccc(N2C/C=C\CCC(=O)NC[C@@H](c3ccccc3)OC(=O)[C@@H]3[C@@H]4C=C[C@]5(O4)[C@H](C2=O)N([C@H](C)CO)C(=O)[C@@H]35)cc1. The Bertz CT molecular complexity index is 1570. The summed E-state index contributed by atoms with van der Waals surface area (Å²) in [5.41, 5.74) is 0.907. The Morgan fingerprint density at radius 1 is 1.00 bits per heavy atom. The molecular formula is C37H44N4O7. The van der Waals surface area contributed by atoms with Crippen molar-refractivity contribution in [3.8, 4) is 0 Å². The second-order valence-corrected chi connectivity index (χ2v) is 12.8. The molecule has 4 aliphatic heterocycles. The summed E-state index contributed by atoms with van der Waals surface area (Å²) in [6, 6.07) is 15.0. The number of benzene rings is 2. The number of ether oxygens (including phenoxy) is 2. The maximum atomic E-state index is 14.9. The number of hydrogen-bond donors (Lipinski definition) is 2. The van der Waals surface area contributed by atoms with E-state index in [9.17, 15) is 24.3 Å². The number of amides is 3. The maximum Gasteiger partial charge on any atom is 0.313 e. The van der Waals surface area contributed by atoms with Crippen molar-refractivity contribution in [1.29, 1.82) is 0 Å². The number of cyclic esters (lactones) is 1. The van der Waals surface area contributed by atoms with Crippen LogP contribution in [-0.4, -0.2) is 90.3 Å². The summed E-state index contributed by atoms with van der Waals surface area (Å²) in [5, 5.41) is 13.2. The van der Waals surface area contributed by atoms with Crippen LogP contribution in [0.1, 0.15) is 45.3 Å². The van der Waals surface area contributed by atoms with Crippen molar-refractivity contribution in [1.82, 2.24) is 10.2 Å². The second-order valence-electron chi connectivity index (χ2n) is 12.8. The fourth-order valence-electron chi connectivity index (χ4n) is 7.54. The van der Waals surface area contributed by atoms with Crippen molar-refractivity contribution in [2.75, 3.05) is 42.6 Å². The number of carbonyl (C=O) groups is 4. The first-order valence-corrected chi connectivity index (χ1v) is 16.9. The molecule has 4 heterocycles. The van der Waals surface area contributed by atoms with E-state index >= 15 is 0 Å². The summed E-state index contributed by atoms with van der Waals surface area (Å²) in [6.45, 7) is 7.36. The normalized spacial score (nSPS) is 30.2. The number of carbonyl (C=O) groups excluding carboxylic acids is 4. The number of fused-ring (bicyclic) bond motifs is 2. The average Bonchev–Trinajstić information content (AvgIpc) is 3.76. The molecule has 11 nitrogen and oxygen atoms in total. The van der Waals surface area contributed by atoms with Gasteiger partial charge in [0, 0.05) is 37.4 Å². The van der Waals surface area contributed by atoms with E-state index in [0.717, 1.165) is 18.8 Å². The monoisotopic (exact) mass is 656 g/mol. The van der Waals surface area contributed by atoms with Crippen LogP contribution in [0.2, 0.25) is 0 Å². The molecule has 6 rings (SSSR count). The van der Waals surface area contributed by atoms with Gasteiger partial charge in [-0.25, -0.2) is 0 Å². The van der Waals surface area contributed by atoms with Crippen LogP contribution >= 0.6 is 0 Å². The summed E-state index contributed by atoms with van der Waals surface area (Å²) < 4.78 is 12.6. The molecule has 7 atom stereocenters. The zero-order chi connectivity index (χ0) is 34.0. The highest BCUT2D eigenvalue weighted by atomic mass is 16.6. The molecule has 0 saturated carbocycles. The van der Waals surface area contributed by atoms with Gasteiger partial charge in [-0.15, -0.1) is 0 Å². The zero-order valence-electron chi connectivity index (χ0n) is 27.7. The minimum atomic E-state index is -1.43. The molecule has 2 saturated heterocycles. The van der Waals surface area contributed by atoms with Crippen LogP contribution in [0.4, 0.5) is 11.4 Å². The minimum Gasteiger partial charge on any atom is -0.455 e. The molecule has 1 spiro atoms. The van der Waals surface area contributed by atoms with Crippen molar-refractivity contribution < 1.29 is 33.8 Å². The molecule has 0 unspecified atom stereocenters. The van der Waals surface area contributed by atoms with E-state index in [2.05, 4.69) is 24.1 Å². The number of rotatable bonds is 7. The lowest BCUT2D eigenvalue weighted by Crippen LogP contribution is -2.58. The third-order valence-electron chi connectivity index (χ3n) is 10.0. The largest absolute Gasteiger partial charge is 0.455 e. The zero-order valence-corrected chi connectivity index (χ0v) is 27.7. The Balaban J connectivity index is 1.42. The molecule has 3 amide bonds. The molecule has 4 aliphatic rings. The van der Waals surface area contributed by atoms with Crippen molar-refractivity contribution in [2.24, 2.45) is 11.8 Å². The molecular weight excluding hydrogens is 612 g/mol. The molecule has 2 aromatic rings. The highest BCUT2D eigenvalue weighted by Crippen LogP contribution is 2.56. The molecule has 5 bridgehead atoms. The molecule has 0 radical (unpaired) electrons. The van der Waals surface area contributed by atoms with Crippen molar-refractivity contribution in [3.63, 3.8) is 0 Å². The number of aliphatic hydroxyl groups is 1. The van der Waals surface area contributed by atoms with Crippen LogP contribution in [0.15, 0.2) is 78.9 Å². The van der Waals surface area contributed by atoms with Crippen LogP contribution in [-0.2, 0) is 28.7 Å². The van der Waals surface area contributed by atoms with Crippen molar-refractivity contribution in [3.05, 3.63) is 84.5 Å². The lowest BCUT2D eigenvalue weighted by Gasteiger charge is -2.38. The van der Waals surface area contributed by atoms with Crippen LogP contribution in [0.5, 0.6) is 0 Å². The topological polar surface area (TPSA) is 129 Å². The summed E-state index contributed by atoms with van der Waals surface area (Å²) in [5.74, 6) is -3.74. The van der Waals surface area contributed by atoms with Crippen LogP contribution in [0, 0.1) is 11.8 Å². The third kappa shape index (κ3) is 5.90. The molecule has 254 valence electrons. The van der Waals surface area contributed by atoms with Crippen LogP contribution in [0.3, 0.4) is 0 Å². The van der Waals surface area contributed by atoms with Crippen molar-refractivity contribution >= 4 is 35.1 Å². The van der Waals surface area contributed by atoms with Gasteiger partial charge in [-0.05, 0) is 57.0 Å². The predicted octanol–water partition coefficient (Wildman–Crippen LogP) is 3.15. The van der Waals surface area contributed by atoms with E-state index in [4.69, 9.17) is 9.47 Å². The number of likely N-dealkylation sites (tertiary alicyclic amines) is 1. The van der Waals surface area contributed by atoms with Gasteiger partial charge in [-0.1, -0.05) is 54.6 Å². The van der Waals surface area contributed by atoms with Gasteiger partial charge in [0.2, 0.25) is 11.8 Å². The van der Waals surface area contributed by atoms with Gasteiger partial charge in [-0.2, -0.15) is 0 Å². The van der Waals surface area contributed by atoms with Gasteiger partial charge in [0.15, 0.2) is 0 Å². The highest BCUT2D eigenvalue weighted by Gasteiger charge is 2.74. The lowest BCUT2D eigenvalue weighted by molar-refractivity contribution is -0.160. The molecule has 0 aromatic heterocycles. The molecule has 2 N–H and O–H groups in total. The standard InChI is InChI=1S/C37H44N4O7/c1-4-39(5-2)26-15-17-27(18-16-26)40-21-11-7-10-14-30(43)38-22-29(25-12-8-6-9-13-25)47-36(46)31-28-19-20-37(48-28)32(31)34(44)41(24(3)23-42)33(37)35(40)45/h6-9,11-13,15-20,24,28-29,31-33,42H,4-5,10,14,21-23H2,1-3H3,(H,38,43)/b11-7-/t24-,28+,29+,31-,32-,33+,37-/m1/s1. The van der Waals surface area contributed by atoms with E-state index in [0.29, 0.717) is 17.7 Å². The smallest absolute Gasteiger partial charge is 0.313 e. The first-order valence-electron chi connectivity index (χ1n) is 16.9. The fourth-order valence-corrected chi connectivity index (χ4v) is 7.54. The number of nitrogens with one attached hydrogen (secondary N) is 1. The number of nitrogens with zero attached hydrogens (tertiary/aromatic N) is 3. The fraction of sp³-hybridized carbons (Fsp3) is 0.459. The van der Waals surface area contributed by atoms with E-state index in [1.165, 1.54) is 4.90 Å². The van der Waals surface area contributed by atoms with E-state index in [1.54, 1.807) is 24.0 Å². The van der Waals surface area contributed by atoms with Crippen molar-refractivity contribution in [2.45, 2.75) is 63.5 Å². The van der Waals surface area contributed by atoms with E-state index < -0.39 is 59.5 Å². The van der Waals surface area contributed by atoms with E-state index in [-0.39, 0.29) is 32.0 Å². The lowest BCUT2D eigenvalue weighted by atomic mass is 9.74. The van der Waals surface area contributed by atoms with Gasteiger partial charge in [-0.3, -0.25) is 19.2 Å². The number of hydrogen-bond acceptors (Lipinski definition) is 8. The second kappa shape index (κ2) is 13.9. The molecule has 2 aromatic carbocycles. The average molecular weight is 657 g/mol. The van der Waals surface area contributed by atoms with Gasteiger partial charge in [0.05, 0.1) is 31.2 Å². The molecule has 11 heteroatoms. The summed E-state index contributed by atoms with van der Waals surface area (Å²) >= 11 is 0. The van der Waals surface area contributed by atoms with E-state index in [1.807, 2.05) is 66.7 Å². The Kier molecular flexibility index (Phi) is 9.70. The summed E-state index contributed by atoms with van der Waals surface area (Å²) in [7, 11) is 0. The third-order valence-corrected chi connectivity index (χ3v) is 10.0. The highest BCUT2D eigenvalue weighted by molar-refractivity contribution is 6.05. The first-order chi connectivity index (χ1) is 23.2. The minimum absolute atomic E-state index is 0.0577. The summed E-state index contributed by atoms with van der Waals surface area (Å²) in [4.78, 5) is 61.4. The number of aliphatic hydroxyl groups excluding tert-OH is 1.